The van der Waals surface area contributed by atoms with E-state index in [9.17, 15) is 0 Å². The molecule has 0 spiro atoms. The van der Waals surface area contributed by atoms with Crippen molar-refractivity contribution < 1.29 is 9.90 Å². The van der Waals surface area contributed by atoms with Crippen LogP contribution in [0.1, 0.15) is 51.1 Å². The third-order valence-electron chi connectivity index (χ3n) is 3.29. The fourth-order valence-corrected chi connectivity index (χ4v) is 2.47. The largest absolute Gasteiger partial charge is 0.396 e. The van der Waals surface area contributed by atoms with Gasteiger partial charge in [-0.15, -0.1) is 0 Å². The second-order valence-corrected chi connectivity index (χ2v) is 4.41. The Morgan fingerprint density at radius 2 is 2.15 bits per heavy atom. The number of hydrogen-bond donors (Lipinski definition) is 1. The fraction of sp³-hybridized carbons (Fsp3) is 0.625. The zero-order chi connectivity index (χ0) is 15.2. The predicted octanol–water partition coefficient (Wildman–Crippen LogP) is 2.83. The minimum Gasteiger partial charge on any atom is -0.396 e. The Hall–Kier alpha value is -1.26. The van der Waals surface area contributed by atoms with Gasteiger partial charge in [0, 0.05) is 25.0 Å². The van der Waals surface area contributed by atoms with Crippen LogP contribution in [0.2, 0.25) is 0 Å². The predicted molar refractivity (Wildman–Crippen MR) is 82.6 cm³/mol. The van der Waals surface area contributed by atoms with Gasteiger partial charge in [0.15, 0.2) is 0 Å². The molecule has 0 bridgehead atoms. The summed E-state index contributed by atoms with van der Waals surface area (Å²) >= 11 is 0. The molecule has 4 heteroatoms. The van der Waals surface area contributed by atoms with Gasteiger partial charge in [-0.2, -0.15) is 0 Å². The lowest BCUT2D eigenvalue weighted by Gasteiger charge is -2.24. The topological polar surface area (TPSA) is 53.4 Å². The summed E-state index contributed by atoms with van der Waals surface area (Å²) in [5.41, 5.74) is 1.34. The number of nitrogens with zero attached hydrogens (tertiary/aromatic N) is 2. The number of pyridine rings is 1. The van der Waals surface area contributed by atoms with Crippen molar-refractivity contribution in [2.75, 3.05) is 19.7 Å². The van der Waals surface area contributed by atoms with E-state index in [1.165, 1.54) is 24.9 Å². The zero-order valence-electron chi connectivity index (χ0n) is 12.8. The lowest BCUT2D eigenvalue weighted by molar-refractivity contribution is -0.0979. The number of aliphatic hydroxyl groups excluding tert-OH is 1. The van der Waals surface area contributed by atoms with Crippen molar-refractivity contribution in [3.05, 3.63) is 30.1 Å². The minimum absolute atomic E-state index is 0.311. The van der Waals surface area contributed by atoms with Crippen molar-refractivity contribution >= 4 is 6.79 Å². The Kier molecular flexibility index (Phi) is 12.0. The number of carbonyl (C=O) groups is 1. The van der Waals surface area contributed by atoms with E-state index in [0.29, 0.717) is 12.6 Å². The van der Waals surface area contributed by atoms with Gasteiger partial charge >= 0.3 is 0 Å². The highest BCUT2D eigenvalue weighted by molar-refractivity contribution is 5.15. The van der Waals surface area contributed by atoms with E-state index < -0.39 is 0 Å². The lowest BCUT2D eigenvalue weighted by atomic mass is 10.1. The molecular formula is C16H28N2O2. The van der Waals surface area contributed by atoms with Crippen molar-refractivity contribution in [3.8, 4) is 0 Å². The highest BCUT2D eigenvalue weighted by Gasteiger charge is 2.25. The third kappa shape index (κ3) is 6.26. The maximum Gasteiger partial charge on any atom is 0.106 e. The molecule has 1 unspecified atom stereocenters. The molecule has 2 heterocycles. The van der Waals surface area contributed by atoms with Crippen LogP contribution in [0.5, 0.6) is 0 Å². The Morgan fingerprint density at radius 3 is 2.75 bits per heavy atom. The van der Waals surface area contributed by atoms with Gasteiger partial charge in [-0.3, -0.25) is 9.88 Å². The van der Waals surface area contributed by atoms with E-state index in [1.54, 1.807) is 0 Å². The summed E-state index contributed by atoms with van der Waals surface area (Å²) in [5, 5.41) is 8.79. The van der Waals surface area contributed by atoms with Crippen LogP contribution in [0.4, 0.5) is 0 Å². The van der Waals surface area contributed by atoms with E-state index in [0.717, 1.165) is 19.4 Å². The quantitative estimate of drug-likeness (QED) is 0.843. The standard InChI is InChI=1S/C13H20N2O.C2H6.CH2O/c16-10-2-1-8-15-9-4-6-13(15)12-5-3-7-14-11-12;2*1-2/h3,5,7,11,13,16H,1-2,4,6,8-10H2;1-2H3;1H2. The van der Waals surface area contributed by atoms with Crippen LogP contribution in [0.25, 0.3) is 0 Å². The van der Waals surface area contributed by atoms with Crippen molar-refractivity contribution in [2.24, 2.45) is 0 Å². The van der Waals surface area contributed by atoms with E-state index in [-0.39, 0.29) is 0 Å². The van der Waals surface area contributed by atoms with Gasteiger partial charge in [0.25, 0.3) is 0 Å². The van der Waals surface area contributed by atoms with Crippen LogP contribution in [-0.2, 0) is 4.79 Å². The molecule has 1 N–H and O–H groups in total. The fourth-order valence-electron chi connectivity index (χ4n) is 2.47. The summed E-state index contributed by atoms with van der Waals surface area (Å²) in [6.45, 7) is 8.59. The summed E-state index contributed by atoms with van der Waals surface area (Å²) < 4.78 is 0. The second kappa shape index (κ2) is 12.8. The Morgan fingerprint density at radius 1 is 1.40 bits per heavy atom. The highest BCUT2D eigenvalue weighted by atomic mass is 16.2. The number of likely N-dealkylation sites (tertiary alicyclic amines) is 1. The number of carbonyl (C=O) groups excluding carboxylic acids is 1. The number of unbranched alkanes of at least 4 members (excludes halogenated alkanes) is 1. The normalized spacial score (nSPS) is 17.6. The van der Waals surface area contributed by atoms with Crippen molar-refractivity contribution in [1.29, 1.82) is 0 Å². The first-order chi connectivity index (χ1) is 9.92. The smallest absolute Gasteiger partial charge is 0.106 e. The molecule has 0 aliphatic carbocycles. The molecule has 0 amide bonds. The molecule has 1 aromatic heterocycles. The number of aliphatic hydroxyl groups is 1. The maximum atomic E-state index is 8.79. The molecule has 1 saturated heterocycles. The van der Waals surface area contributed by atoms with E-state index in [4.69, 9.17) is 9.90 Å². The van der Waals surface area contributed by atoms with Gasteiger partial charge in [0.05, 0.1) is 0 Å². The van der Waals surface area contributed by atoms with Crippen LogP contribution in [0, 0.1) is 0 Å². The van der Waals surface area contributed by atoms with Crippen LogP contribution in [-0.4, -0.2) is 41.5 Å². The van der Waals surface area contributed by atoms with E-state index in [2.05, 4.69) is 16.0 Å². The van der Waals surface area contributed by atoms with Crippen molar-refractivity contribution in [2.45, 2.75) is 45.6 Å². The lowest BCUT2D eigenvalue weighted by Crippen LogP contribution is -2.24. The van der Waals surface area contributed by atoms with Crippen LogP contribution in [0.15, 0.2) is 24.5 Å². The minimum atomic E-state index is 0.311. The first-order valence-corrected chi connectivity index (χ1v) is 7.45. The molecule has 0 radical (unpaired) electrons. The van der Waals surface area contributed by atoms with Crippen LogP contribution < -0.4 is 0 Å². The third-order valence-corrected chi connectivity index (χ3v) is 3.29. The number of hydrogen-bond acceptors (Lipinski definition) is 4. The molecule has 1 aliphatic rings. The first-order valence-electron chi connectivity index (χ1n) is 7.45. The maximum absolute atomic E-state index is 8.79. The van der Waals surface area contributed by atoms with Crippen molar-refractivity contribution in [3.63, 3.8) is 0 Å². The summed E-state index contributed by atoms with van der Waals surface area (Å²) in [5.74, 6) is 0. The highest BCUT2D eigenvalue weighted by Crippen LogP contribution is 2.31. The van der Waals surface area contributed by atoms with Crippen LogP contribution in [0.3, 0.4) is 0 Å². The molecule has 1 aromatic rings. The molecular weight excluding hydrogens is 252 g/mol. The second-order valence-electron chi connectivity index (χ2n) is 4.41. The molecule has 0 saturated carbocycles. The Labute approximate surface area is 122 Å². The first kappa shape index (κ1) is 18.7. The SMILES string of the molecule is C=O.CC.OCCCCN1CCCC1c1cccnc1. The molecule has 2 rings (SSSR count). The summed E-state index contributed by atoms with van der Waals surface area (Å²) in [6.07, 6.45) is 8.33. The average molecular weight is 280 g/mol. The molecule has 4 nitrogen and oxygen atoms in total. The Balaban J connectivity index is 0.000000829. The van der Waals surface area contributed by atoms with Gasteiger partial charge in [-0.05, 0) is 50.4 Å². The molecule has 0 aromatic carbocycles. The van der Waals surface area contributed by atoms with E-state index in [1.807, 2.05) is 39.1 Å². The Bertz CT molecular complexity index is 320. The molecule has 1 aliphatic heterocycles. The summed E-state index contributed by atoms with van der Waals surface area (Å²) in [7, 11) is 0. The molecule has 114 valence electrons. The number of aromatic nitrogens is 1. The average Bonchev–Trinajstić information content (AvgIpc) is 3.01. The van der Waals surface area contributed by atoms with Gasteiger partial charge in [-0.25, -0.2) is 0 Å². The van der Waals surface area contributed by atoms with Gasteiger partial charge in [0.1, 0.15) is 6.79 Å². The van der Waals surface area contributed by atoms with Gasteiger partial charge < -0.3 is 9.90 Å². The number of rotatable bonds is 5. The van der Waals surface area contributed by atoms with Gasteiger partial charge in [-0.1, -0.05) is 19.9 Å². The van der Waals surface area contributed by atoms with E-state index >= 15 is 0 Å². The van der Waals surface area contributed by atoms with Crippen molar-refractivity contribution in [1.82, 2.24) is 9.88 Å². The molecule has 1 atom stereocenters. The van der Waals surface area contributed by atoms with Gasteiger partial charge in [0.2, 0.25) is 0 Å². The monoisotopic (exact) mass is 280 g/mol. The summed E-state index contributed by atoms with van der Waals surface area (Å²) in [4.78, 5) is 14.7. The molecule has 1 fully saturated rings. The summed E-state index contributed by atoms with van der Waals surface area (Å²) in [6, 6.07) is 4.73. The van der Waals surface area contributed by atoms with Crippen LogP contribution >= 0.6 is 0 Å². The zero-order valence-corrected chi connectivity index (χ0v) is 12.8. The molecule has 20 heavy (non-hydrogen) atoms.